The molecule has 35 heavy (non-hydrogen) atoms. The van der Waals surface area contributed by atoms with Crippen molar-refractivity contribution in [3.05, 3.63) is 48.0 Å². The van der Waals surface area contributed by atoms with E-state index in [1.165, 1.54) is 21.0 Å². The smallest absolute Gasteiger partial charge is 0.301 e. The zero-order valence-corrected chi connectivity index (χ0v) is 20.7. The molecule has 0 bridgehead atoms. The number of benzene rings is 2. The van der Waals surface area contributed by atoms with Crippen molar-refractivity contribution in [2.45, 2.75) is 44.5 Å². The number of anilines is 1. The van der Waals surface area contributed by atoms with E-state index in [2.05, 4.69) is 10.0 Å². The molecule has 1 amide bonds. The molecule has 1 heterocycles. The molecule has 2 aromatic carbocycles. The third kappa shape index (κ3) is 6.10. The summed E-state index contributed by atoms with van der Waals surface area (Å²) in [7, 11) is -0.882. The number of hydrogen-bond donors (Lipinski definition) is 5. The van der Waals surface area contributed by atoms with Gasteiger partial charge in [-0.1, -0.05) is 24.3 Å². The van der Waals surface area contributed by atoms with Gasteiger partial charge in [-0.3, -0.25) is 9.52 Å². The number of aliphatic hydroxyl groups is 3. The fourth-order valence-electron chi connectivity index (χ4n) is 3.78. The van der Waals surface area contributed by atoms with Gasteiger partial charge in [0.2, 0.25) is 12.2 Å². The van der Waals surface area contributed by atoms with Gasteiger partial charge in [0.15, 0.2) is 0 Å². The minimum atomic E-state index is -3.72. The minimum absolute atomic E-state index is 0.332. The molecule has 12 heteroatoms. The van der Waals surface area contributed by atoms with Crippen LogP contribution in [-0.2, 0) is 19.7 Å². The molecule has 5 atom stereocenters. The van der Waals surface area contributed by atoms with Gasteiger partial charge >= 0.3 is 10.2 Å². The highest BCUT2D eigenvalue weighted by Crippen LogP contribution is 2.36. The van der Waals surface area contributed by atoms with E-state index in [1.54, 1.807) is 36.4 Å². The Balaban J connectivity index is 1.99. The number of carbonyl (C=O) groups excluding carboxylic acids is 1. The van der Waals surface area contributed by atoms with E-state index in [0.717, 1.165) is 9.87 Å². The first kappa shape index (κ1) is 26.9. The normalized spacial score (nSPS) is 24.7. The number of nitrogens with zero attached hydrogens (tertiary/aromatic N) is 1. The predicted molar refractivity (Wildman–Crippen MR) is 129 cm³/mol. The summed E-state index contributed by atoms with van der Waals surface area (Å²) in [5, 5.41) is 32.9. The summed E-state index contributed by atoms with van der Waals surface area (Å²) in [4.78, 5) is 11.7. The average Bonchev–Trinajstić information content (AvgIpc) is 2.78. The Kier molecular flexibility index (Phi) is 8.36. The van der Waals surface area contributed by atoms with Crippen molar-refractivity contribution in [1.82, 2.24) is 9.62 Å². The van der Waals surface area contributed by atoms with Crippen LogP contribution in [0.2, 0.25) is 0 Å². The lowest BCUT2D eigenvalue weighted by molar-refractivity contribution is -0.244. The molecule has 1 aliphatic heterocycles. The fourth-order valence-corrected chi connectivity index (χ4v) is 4.39. The molecule has 0 aliphatic carbocycles. The van der Waals surface area contributed by atoms with Crippen molar-refractivity contribution < 1.29 is 38.0 Å². The van der Waals surface area contributed by atoms with E-state index in [4.69, 9.17) is 9.47 Å². The monoisotopic (exact) mass is 509 g/mol. The molecule has 0 spiro atoms. The number of hydrogen-bond acceptors (Lipinski definition) is 8. The van der Waals surface area contributed by atoms with Crippen LogP contribution in [0.25, 0.3) is 11.1 Å². The van der Waals surface area contributed by atoms with E-state index < -0.39 is 53.4 Å². The molecule has 0 radical (unpaired) electrons. The van der Waals surface area contributed by atoms with Crippen LogP contribution in [0.1, 0.15) is 12.5 Å². The third-order valence-corrected chi connectivity index (χ3v) is 7.06. The molecule has 192 valence electrons. The maximum Gasteiger partial charge on any atom is 0.301 e. The second kappa shape index (κ2) is 10.9. The molecule has 1 saturated heterocycles. The van der Waals surface area contributed by atoms with Crippen LogP contribution < -0.4 is 14.8 Å². The Bertz CT molecular complexity index is 1160. The maximum absolute atomic E-state index is 12.3. The number of aliphatic hydroxyl groups excluding tert-OH is 3. The van der Waals surface area contributed by atoms with E-state index in [1.807, 2.05) is 13.0 Å². The van der Waals surface area contributed by atoms with Gasteiger partial charge in [0.1, 0.15) is 30.1 Å². The first-order chi connectivity index (χ1) is 16.4. The zero-order chi connectivity index (χ0) is 25.9. The van der Waals surface area contributed by atoms with Gasteiger partial charge < -0.3 is 30.1 Å². The third-order valence-electron chi connectivity index (χ3n) is 5.61. The molecule has 2 aromatic rings. The number of ether oxygens (including phenoxy) is 2. The number of carbonyl (C=O) groups is 1. The van der Waals surface area contributed by atoms with Gasteiger partial charge in [0.25, 0.3) is 0 Å². The zero-order valence-electron chi connectivity index (χ0n) is 19.9. The van der Waals surface area contributed by atoms with Gasteiger partial charge in [-0.25, -0.2) is 0 Å². The highest BCUT2D eigenvalue weighted by molar-refractivity contribution is 7.90. The molecule has 11 nitrogen and oxygen atoms in total. The Hall–Kier alpha value is -2.74. The number of amides is 1. The Morgan fingerprint density at radius 3 is 2.46 bits per heavy atom. The van der Waals surface area contributed by atoms with Gasteiger partial charge in [-0.2, -0.15) is 12.7 Å². The summed E-state index contributed by atoms with van der Waals surface area (Å²) in [6.45, 7) is 2.54. The quantitative estimate of drug-likeness (QED) is 0.338. The van der Waals surface area contributed by atoms with Crippen LogP contribution in [0.3, 0.4) is 0 Å². The highest BCUT2D eigenvalue weighted by atomic mass is 32.2. The van der Waals surface area contributed by atoms with Crippen molar-refractivity contribution in [3.63, 3.8) is 0 Å². The summed E-state index contributed by atoms with van der Waals surface area (Å²) in [6, 6.07) is 10.9. The summed E-state index contributed by atoms with van der Waals surface area (Å²) >= 11 is 0. The van der Waals surface area contributed by atoms with E-state index in [0.29, 0.717) is 22.6 Å². The molecule has 3 unspecified atom stereocenters. The predicted octanol–water partition coefficient (Wildman–Crippen LogP) is 0.203. The lowest BCUT2D eigenvalue weighted by atomic mass is 9.96. The minimum Gasteiger partial charge on any atom is -0.462 e. The lowest BCUT2D eigenvalue weighted by Gasteiger charge is -2.42. The van der Waals surface area contributed by atoms with Crippen LogP contribution in [0.4, 0.5) is 5.69 Å². The van der Waals surface area contributed by atoms with Crippen molar-refractivity contribution in [3.8, 4) is 16.9 Å². The topological polar surface area (TPSA) is 158 Å². The molecular weight excluding hydrogens is 478 g/mol. The van der Waals surface area contributed by atoms with Crippen LogP contribution in [0.15, 0.2) is 42.5 Å². The summed E-state index contributed by atoms with van der Waals surface area (Å²) in [5.74, 6) is -0.135. The molecule has 5 N–H and O–H groups in total. The summed E-state index contributed by atoms with van der Waals surface area (Å²) in [6.07, 6.45) is -5.25. The standard InChI is InChI=1S/C23H31N3O8S/c1-13-7-5-10-17(19(13)15-8-6-9-16(11-15)25-35(31,32)26(3)4)33-23-20(24-14(2)28)22(30)21(29)18(12-27)34-23/h5-11,18,20-23,25,27,29-30H,12H2,1-4H3,(H,24,28)/t18?,20?,21-,22?,23+/m0/s1. The SMILES string of the molecule is CC(=O)NC1C(O)[C@@H](O)C(CO)O[C@H]1Oc1cccc(C)c1-c1cccc(NS(=O)(=O)N(C)C)c1. The second-order valence-electron chi connectivity index (χ2n) is 8.47. The lowest BCUT2D eigenvalue weighted by Crippen LogP contribution is -2.65. The fraction of sp³-hybridized carbons (Fsp3) is 0.435. The molecule has 0 saturated carbocycles. The summed E-state index contributed by atoms with van der Waals surface area (Å²) < 4.78 is 39.9. The second-order valence-corrected chi connectivity index (χ2v) is 10.4. The van der Waals surface area contributed by atoms with Gasteiger partial charge in [0, 0.05) is 26.6 Å². The van der Waals surface area contributed by atoms with Crippen LogP contribution in [0.5, 0.6) is 5.75 Å². The van der Waals surface area contributed by atoms with Crippen molar-refractivity contribution in [2.24, 2.45) is 0 Å². The van der Waals surface area contributed by atoms with E-state index in [-0.39, 0.29) is 0 Å². The molecule has 1 fully saturated rings. The average molecular weight is 510 g/mol. The number of aryl methyl sites for hydroxylation is 1. The number of rotatable bonds is 8. The largest absolute Gasteiger partial charge is 0.462 e. The van der Waals surface area contributed by atoms with Crippen molar-refractivity contribution in [1.29, 1.82) is 0 Å². The Morgan fingerprint density at radius 2 is 1.83 bits per heavy atom. The van der Waals surface area contributed by atoms with Crippen LogP contribution in [-0.4, -0.2) is 85.3 Å². The first-order valence-corrected chi connectivity index (χ1v) is 12.3. The number of nitrogens with one attached hydrogen (secondary N) is 2. The highest BCUT2D eigenvalue weighted by Gasteiger charge is 2.46. The first-order valence-electron chi connectivity index (χ1n) is 10.9. The van der Waals surface area contributed by atoms with Gasteiger partial charge in [-0.15, -0.1) is 0 Å². The van der Waals surface area contributed by atoms with Crippen LogP contribution >= 0.6 is 0 Å². The maximum atomic E-state index is 12.3. The summed E-state index contributed by atoms with van der Waals surface area (Å²) in [5.41, 5.74) is 2.42. The van der Waals surface area contributed by atoms with E-state index >= 15 is 0 Å². The Labute approximate surface area is 204 Å². The molecule has 1 aliphatic rings. The van der Waals surface area contributed by atoms with Crippen LogP contribution in [0, 0.1) is 6.92 Å². The van der Waals surface area contributed by atoms with Crippen molar-refractivity contribution >= 4 is 21.8 Å². The van der Waals surface area contributed by atoms with Gasteiger partial charge in [0.05, 0.1) is 12.3 Å². The van der Waals surface area contributed by atoms with Gasteiger partial charge in [-0.05, 0) is 36.2 Å². The molecule has 3 rings (SSSR count). The Morgan fingerprint density at radius 1 is 1.14 bits per heavy atom. The molecular formula is C23H31N3O8S. The molecule has 0 aromatic heterocycles. The van der Waals surface area contributed by atoms with Crippen molar-refractivity contribution in [2.75, 3.05) is 25.4 Å². The van der Waals surface area contributed by atoms with E-state index in [9.17, 15) is 28.5 Å².